The molecule has 1 N–H and O–H groups in total. The van der Waals surface area contributed by atoms with E-state index < -0.39 is 0 Å². The molecule has 2 nitrogen and oxygen atoms in total. The topological polar surface area (TPSA) is 21.3 Å². The van der Waals surface area contributed by atoms with E-state index in [1.807, 2.05) is 14.0 Å². The van der Waals surface area contributed by atoms with Gasteiger partial charge in [0.05, 0.1) is 0 Å². The van der Waals surface area contributed by atoms with Crippen LogP contribution in [0.5, 0.6) is 0 Å². The van der Waals surface area contributed by atoms with E-state index >= 15 is 0 Å². The molecule has 1 atom stereocenters. The van der Waals surface area contributed by atoms with Crippen molar-refractivity contribution in [1.29, 1.82) is 0 Å². The van der Waals surface area contributed by atoms with Crippen LogP contribution >= 0.6 is 0 Å². The second-order valence-electron chi connectivity index (χ2n) is 5.07. The first-order valence-electron chi connectivity index (χ1n) is 7.01. The highest BCUT2D eigenvalue weighted by Crippen LogP contribution is 2.15. The van der Waals surface area contributed by atoms with Crippen molar-refractivity contribution in [2.75, 3.05) is 20.3 Å². The van der Waals surface area contributed by atoms with Gasteiger partial charge in [-0.2, -0.15) is 0 Å². The largest absolute Gasteiger partial charge is 0.382 e. The zero-order chi connectivity index (χ0) is 13.4. The average Bonchev–Trinajstić information content (AvgIpc) is 2.38. The summed E-state index contributed by atoms with van der Waals surface area (Å²) in [6.45, 7) is 8.14. The first-order valence-corrected chi connectivity index (χ1v) is 7.01. The highest BCUT2D eigenvalue weighted by molar-refractivity contribution is 5.25. The van der Waals surface area contributed by atoms with Gasteiger partial charge in [0.15, 0.2) is 0 Å². The van der Waals surface area contributed by atoms with E-state index in [9.17, 15) is 0 Å². The third-order valence-corrected chi connectivity index (χ3v) is 3.35. The maximum absolute atomic E-state index is 5.41. The van der Waals surface area contributed by atoms with Gasteiger partial charge < -0.3 is 10.1 Å². The number of likely N-dealkylation sites (N-methyl/N-ethyl adjacent to an activating group) is 1. The van der Waals surface area contributed by atoms with Gasteiger partial charge >= 0.3 is 0 Å². The smallest absolute Gasteiger partial charge is 0.0480 e. The fourth-order valence-corrected chi connectivity index (χ4v) is 2.04. The number of rotatable bonds is 8. The molecule has 18 heavy (non-hydrogen) atoms. The predicted molar refractivity (Wildman–Crippen MR) is 78.2 cm³/mol. The summed E-state index contributed by atoms with van der Waals surface area (Å²) in [6.07, 6.45) is 2.14. The van der Waals surface area contributed by atoms with Gasteiger partial charge in [0, 0.05) is 19.3 Å². The minimum Gasteiger partial charge on any atom is -0.382 e. The van der Waals surface area contributed by atoms with E-state index in [4.69, 9.17) is 4.74 Å². The Morgan fingerprint density at radius 3 is 2.33 bits per heavy atom. The van der Waals surface area contributed by atoms with Gasteiger partial charge in [0.2, 0.25) is 0 Å². The van der Waals surface area contributed by atoms with Gasteiger partial charge in [0.1, 0.15) is 0 Å². The van der Waals surface area contributed by atoms with Crippen molar-refractivity contribution in [2.24, 2.45) is 0 Å². The van der Waals surface area contributed by atoms with Crippen LogP contribution in [0.25, 0.3) is 0 Å². The van der Waals surface area contributed by atoms with Crippen LogP contribution in [0.2, 0.25) is 0 Å². The molecule has 0 aromatic heterocycles. The first kappa shape index (κ1) is 15.2. The molecule has 0 amide bonds. The fourth-order valence-electron chi connectivity index (χ4n) is 2.04. The molecule has 0 bridgehead atoms. The zero-order valence-corrected chi connectivity index (χ0v) is 12.2. The molecule has 0 radical (unpaired) electrons. The van der Waals surface area contributed by atoms with E-state index in [2.05, 4.69) is 43.4 Å². The van der Waals surface area contributed by atoms with Gasteiger partial charge in [-0.05, 0) is 43.9 Å². The number of hydrogen-bond acceptors (Lipinski definition) is 2. The van der Waals surface area contributed by atoms with E-state index in [0.29, 0.717) is 12.0 Å². The summed E-state index contributed by atoms with van der Waals surface area (Å²) in [5, 5.41) is 3.37. The van der Waals surface area contributed by atoms with Crippen LogP contribution < -0.4 is 5.32 Å². The molecule has 1 aromatic carbocycles. The molecule has 1 aromatic rings. The molecule has 102 valence electrons. The van der Waals surface area contributed by atoms with Crippen LogP contribution in [0.15, 0.2) is 24.3 Å². The third kappa shape index (κ3) is 5.19. The number of hydrogen-bond donors (Lipinski definition) is 1. The first-order chi connectivity index (χ1) is 8.67. The fraction of sp³-hybridized carbons (Fsp3) is 0.625. The van der Waals surface area contributed by atoms with Crippen LogP contribution in [-0.2, 0) is 11.2 Å². The zero-order valence-electron chi connectivity index (χ0n) is 12.2. The molecule has 0 aliphatic rings. The molecule has 0 aliphatic heterocycles. The van der Waals surface area contributed by atoms with Crippen molar-refractivity contribution in [2.45, 2.75) is 45.6 Å². The van der Waals surface area contributed by atoms with Crippen LogP contribution in [0.4, 0.5) is 0 Å². The summed E-state index contributed by atoms with van der Waals surface area (Å²) < 4.78 is 5.41. The van der Waals surface area contributed by atoms with Crippen molar-refractivity contribution in [1.82, 2.24) is 5.32 Å². The quantitative estimate of drug-likeness (QED) is 0.713. The third-order valence-electron chi connectivity index (χ3n) is 3.35. The van der Waals surface area contributed by atoms with Crippen LogP contribution in [0.1, 0.15) is 44.2 Å². The Kier molecular flexibility index (Phi) is 6.99. The molecule has 0 spiro atoms. The molecule has 2 heteroatoms. The molecular weight excluding hydrogens is 222 g/mol. The lowest BCUT2D eigenvalue weighted by Crippen LogP contribution is -2.29. The number of benzene rings is 1. The van der Waals surface area contributed by atoms with Gasteiger partial charge in [-0.15, -0.1) is 0 Å². The minimum atomic E-state index is 0.501. The molecule has 0 aliphatic carbocycles. The van der Waals surface area contributed by atoms with Gasteiger partial charge in [-0.1, -0.05) is 38.1 Å². The summed E-state index contributed by atoms with van der Waals surface area (Å²) in [4.78, 5) is 0. The Morgan fingerprint density at radius 2 is 1.83 bits per heavy atom. The normalized spacial score (nSPS) is 12.9. The van der Waals surface area contributed by atoms with Crippen molar-refractivity contribution >= 4 is 0 Å². The van der Waals surface area contributed by atoms with E-state index in [1.54, 1.807) is 0 Å². The molecule has 1 unspecified atom stereocenters. The average molecular weight is 249 g/mol. The SMILES string of the molecule is CCOCCC(Cc1ccc(C(C)C)cc1)NC. The number of nitrogens with one attached hydrogen (secondary N) is 1. The highest BCUT2D eigenvalue weighted by Gasteiger charge is 2.07. The van der Waals surface area contributed by atoms with Gasteiger partial charge in [-0.25, -0.2) is 0 Å². The monoisotopic (exact) mass is 249 g/mol. The Balaban J connectivity index is 2.48. The number of ether oxygens (including phenoxy) is 1. The molecular formula is C16H27NO. The van der Waals surface area contributed by atoms with Crippen LogP contribution in [0, 0.1) is 0 Å². The lowest BCUT2D eigenvalue weighted by atomic mass is 9.98. The minimum absolute atomic E-state index is 0.501. The lowest BCUT2D eigenvalue weighted by Gasteiger charge is -2.16. The van der Waals surface area contributed by atoms with Crippen molar-refractivity contribution in [3.63, 3.8) is 0 Å². The molecule has 1 rings (SSSR count). The van der Waals surface area contributed by atoms with Crippen LogP contribution in [0.3, 0.4) is 0 Å². The second kappa shape index (κ2) is 8.28. The summed E-state index contributed by atoms with van der Waals surface area (Å²) in [6, 6.07) is 9.49. The predicted octanol–water partition coefficient (Wildman–Crippen LogP) is 3.37. The van der Waals surface area contributed by atoms with E-state index in [-0.39, 0.29) is 0 Å². The molecule has 0 saturated carbocycles. The van der Waals surface area contributed by atoms with Crippen molar-refractivity contribution < 1.29 is 4.74 Å². The summed E-state index contributed by atoms with van der Waals surface area (Å²) in [5.41, 5.74) is 2.81. The maximum Gasteiger partial charge on any atom is 0.0480 e. The Bertz CT molecular complexity index is 318. The summed E-state index contributed by atoms with van der Waals surface area (Å²) in [7, 11) is 2.03. The van der Waals surface area contributed by atoms with Crippen molar-refractivity contribution in [3.05, 3.63) is 35.4 Å². The summed E-state index contributed by atoms with van der Waals surface area (Å²) >= 11 is 0. The Morgan fingerprint density at radius 1 is 1.17 bits per heavy atom. The standard InChI is InChI=1S/C16H27NO/c1-5-18-11-10-16(17-4)12-14-6-8-15(9-7-14)13(2)3/h6-9,13,16-17H,5,10-12H2,1-4H3. The van der Waals surface area contributed by atoms with E-state index in [0.717, 1.165) is 26.1 Å². The Hall–Kier alpha value is -0.860. The second-order valence-corrected chi connectivity index (χ2v) is 5.07. The Labute approximate surface area is 112 Å². The molecule has 0 heterocycles. The van der Waals surface area contributed by atoms with E-state index in [1.165, 1.54) is 11.1 Å². The lowest BCUT2D eigenvalue weighted by molar-refractivity contribution is 0.137. The maximum atomic E-state index is 5.41. The summed E-state index contributed by atoms with van der Waals surface area (Å²) in [5.74, 6) is 0.608. The molecule has 0 fully saturated rings. The van der Waals surface area contributed by atoms with Gasteiger partial charge in [0.25, 0.3) is 0 Å². The molecule has 0 saturated heterocycles. The highest BCUT2D eigenvalue weighted by atomic mass is 16.5. The van der Waals surface area contributed by atoms with Gasteiger partial charge in [-0.3, -0.25) is 0 Å². The van der Waals surface area contributed by atoms with Crippen molar-refractivity contribution in [3.8, 4) is 0 Å². The van der Waals surface area contributed by atoms with Crippen LogP contribution in [-0.4, -0.2) is 26.3 Å².